The van der Waals surface area contributed by atoms with E-state index in [9.17, 15) is 4.79 Å². The summed E-state index contributed by atoms with van der Waals surface area (Å²) in [6.07, 6.45) is 11.3. The van der Waals surface area contributed by atoms with E-state index in [2.05, 4.69) is 29.8 Å². The van der Waals surface area contributed by atoms with Gasteiger partial charge in [0, 0.05) is 10.0 Å². The molecule has 1 aliphatic rings. The molecule has 40 heavy (non-hydrogen) atoms. The van der Waals surface area contributed by atoms with Gasteiger partial charge in [-0.3, -0.25) is 9.69 Å². The molecule has 0 fully saturated rings. The lowest BCUT2D eigenvalue weighted by Gasteiger charge is -2.19. The number of amides is 1. The first-order chi connectivity index (χ1) is 19.6. The lowest BCUT2D eigenvalue weighted by Crippen LogP contribution is -2.32. The second kappa shape index (κ2) is 15.4. The number of halogens is 1. The Hall–Kier alpha value is -3.38. The molecule has 0 unspecified atom stereocenters. The molecule has 0 aliphatic carbocycles. The summed E-state index contributed by atoms with van der Waals surface area (Å²) >= 11 is 3.47. The van der Waals surface area contributed by atoms with E-state index < -0.39 is 0 Å². The first-order valence-corrected chi connectivity index (χ1v) is 15.2. The number of hydrogen-bond donors (Lipinski definition) is 0. The van der Waals surface area contributed by atoms with Gasteiger partial charge in [0.05, 0.1) is 18.9 Å². The van der Waals surface area contributed by atoms with Gasteiger partial charge >= 0.3 is 0 Å². The average molecular weight is 604 g/mol. The predicted molar refractivity (Wildman–Crippen MR) is 168 cm³/mol. The minimum atomic E-state index is -0.165. The van der Waals surface area contributed by atoms with Crippen LogP contribution in [0.3, 0.4) is 0 Å². The molecule has 1 heterocycles. The van der Waals surface area contributed by atoms with Gasteiger partial charge in [-0.2, -0.15) is 0 Å². The first kappa shape index (κ1) is 29.6. The molecule has 0 saturated carbocycles. The fraction of sp³-hybridized carbons (Fsp3) is 0.353. The predicted octanol–water partition coefficient (Wildman–Crippen LogP) is 9.20. The SMILES string of the molecule is CCCCCCCCOc1ccc(N2C(=O)/C(=C/c3ccc(Br)cc3)N=C2c2ccc(OCCCC)cc2)cc1. The number of anilines is 1. The van der Waals surface area contributed by atoms with Crippen LogP contribution in [0.25, 0.3) is 6.08 Å². The van der Waals surface area contributed by atoms with Crippen molar-refractivity contribution < 1.29 is 14.3 Å². The third kappa shape index (κ3) is 8.31. The topological polar surface area (TPSA) is 51.1 Å². The molecule has 3 aromatic carbocycles. The summed E-state index contributed by atoms with van der Waals surface area (Å²) < 4.78 is 12.8. The second-order valence-corrected chi connectivity index (χ2v) is 10.9. The van der Waals surface area contributed by atoms with Gasteiger partial charge in [-0.05, 0) is 85.1 Å². The van der Waals surface area contributed by atoms with E-state index in [1.807, 2.05) is 78.9 Å². The molecule has 1 aliphatic heterocycles. The van der Waals surface area contributed by atoms with Gasteiger partial charge < -0.3 is 9.47 Å². The van der Waals surface area contributed by atoms with Gasteiger partial charge in [0.25, 0.3) is 5.91 Å². The number of aliphatic imine (C=N–C) groups is 1. The Morgan fingerprint density at radius 1 is 0.725 bits per heavy atom. The molecule has 6 heteroatoms. The number of nitrogens with zero attached hydrogens (tertiary/aromatic N) is 2. The fourth-order valence-corrected chi connectivity index (χ4v) is 4.73. The van der Waals surface area contributed by atoms with E-state index in [1.54, 1.807) is 4.90 Å². The highest BCUT2D eigenvalue weighted by molar-refractivity contribution is 9.10. The number of rotatable bonds is 15. The largest absolute Gasteiger partial charge is 0.494 e. The monoisotopic (exact) mass is 602 g/mol. The van der Waals surface area contributed by atoms with Crippen LogP contribution >= 0.6 is 15.9 Å². The zero-order chi connectivity index (χ0) is 28.2. The molecule has 210 valence electrons. The van der Waals surface area contributed by atoms with Crippen molar-refractivity contribution >= 4 is 39.4 Å². The number of amidine groups is 1. The lowest BCUT2D eigenvalue weighted by molar-refractivity contribution is -0.113. The van der Waals surface area contributed by atoms with Crippen LogP contribution in [0, 0.1) is 0 Å². The zero-order valence-electron chi connectivity index (χ0n) is 23.6. The molecule has 0 saturated heterocycles. The summed E-state index contributed by atoms with van der Waals surface area (Å²) in [4.78, 5) is 20.2. The first-order valence-electron chi connectivity index (χ1n) is 14.5. The van der Waals surface area contributed by atoms with E-state index in [0.717, 1.165) is 52.0 Å². The molecule has 0 aromatic heterocycles. The number of ether oxygens (including phenoxy) is 2. The summed E-state index contributed by atoms with van der Waals surface area (Å²) in [6.45, 7) is 5.77. The number of carbonyl (C=O) groups excluding carboxylic acids is 1. The number of hydrogen-bond acceptors (Lipinski definition) is 4. The maximum Gasteiger partial charge on any atom is 0.282 e. The molecule has 1 amide bonds. The van der Waals surface area contributed by atoms with Gasteiger partial charge in [0.1, 0.15) is 23.0 Å². The highest BCUT2D eigenvalue weighted by atomic mass is 79.9. The van der Waals surface area contributed by atoms with Gasteiger partial charge in [0.15, 0.2) is 0 Å². The molecule has 0 atom stereocenters. The zero-order valence-corrected chi connectivity index (χ0v) is 25.2. The van der Waals surface area contributed by atoms with Gasteiger partial charge in [-0.25, -0.2) is 4.99 Å². The molecule has 0 spiro atoms. The third-order valence-electron chi connectivity index (χ3n) is 6.77. The van der Waals surface area contributed by atoms with Crippen LogP contribution in [0.1, 0.15) is 76.3 Å². The van der Waals surface area contributed by atoms with Crippen molar-refractivity contribution in [2.45, 2.75) is 65.2 Å². The molecule has 3 aromatic rings. The van der Waals surface area contributed by atoms with Crippen molar-refractivity contribution in [1.29, 1.82) is 0 Å². The van der Waals surface area contributed by atoms with Crippen LogP contribution < -0.4 is 14.4 Å². The van der Waals surface area contributed by atoms with E-state index in [1.165, 1.54) is 32.1 Å². The summed E-state index contributed by atoms with van der Waals surface area (Å²) in [5.74, 6) is 2.05. The van der Waals surface area contributed by atoms with E-state index >= 15 is 0 Å². The summed E-state index contributed by atoms with van der Waals surface area (Å²) in [6, 6.07) is 23.3. The molecule has 0 radical (unpaired) electrons. The minimum Gasteiger partial charge on any atom is -0.494 e. The third-order valence-corrected chi connectivity index (χ3v) is 7.30. The minimum absolute atomic E-state index is 0.165. The van der Waals surface area contributed by atoms with Crippen molar-refractivity contribution in [2.24, 2.45) is 4.99 Å². The molecular formula is C34H39BrN2O3. The standard InChI is InChI=1S/C34H39BrN2O3/c1-3-5-7-8-9-10-24-40-31-21-17-29(18-22-31)37-33(27-13-19-30(20-14-27)39-23-6-4-2)36-32(34(37)38)25-26-11-15-28(35)16-12-26/h11-22,25H,3-10,23-24H2,1-2H3/b32-25-. The molecule has 4 rings (SSSR count). The maximum atomic E-state index is 13.7. The van der Waals surface area contributed by atoms with Crippen LogP contribution in [-0.2, 0) is 4.79 Å². The van der Waals surface area contributed by atoms with E-state index in [4.69, 9.17) is 14.5 Å². The van der Waals surface area contributed by atoms with Crippen molar-refractivity contribution in [3.8, 4) is 11.5 Å². The normalized spacial score (nSPS) is 14.1. The van der Waals surface area contributed by atoms with Crippen molar-refractivity contribution in [2.75, 3.05) is 18.1 Å². The smallest absolute Gasteiger partial charge is 0.282 e. The highest BCUT2D eigenvalue weighted by Gasteiger charge is 2.32. The van der Waals surface area contributed by atoms with Crippen LogP contribution in [0.5, 0.6) is 11.5 Å². The number of unbranched alkanes of at least 4 members (excludes halogenated alkanes) is 6. The second-order valence-electron chi connectivity index (χ2n) is 9.99. The molecule has 0 bridgehead atoms. The average Bonchev–Trinajstić information content (AvgIpc) is 3.30. The quantitative estimate of drug-likeness (QED) is 0.129. The Kier molecular flexibility index (Phi) is 11.4. The van der Waals surface area contributed by atoms with Crippen molar-refractivity contribution in [3.05, 3.63) is 94.1 Å². The Bertz CT molecular complexity index is 1280. The van der Waals surface area contributed by atoms with E-state index in [-0.39, 0.29) is 5.91 Å². The Balaban J connectivity index is 1.52. The van der Waals surface area contributed by atoms with Crippen LogP contribution in [-0.4, -0.2) is 25.0 Å². The fourth-order valence-electron chi connectivity index (χ4n) is 4.47. The lowest BCUT2D eigenvalue weighted by atomic mass is 10.1. The maximum absolute atomic E-state index is 13.7. The van der Waals surface area contributed by atoms with Crippen LogP contribution in [0.2, 0.25) is 0 Å². The van der Waals surface area contributed by atoms with E-state index in [0.29, 0.717) is 24.7 Å². The molecular weight excluding hydrogens is 564 g/mol. The Morgan fingerprint density at radius 2 is 1.30 bits per heavy atom. The van der Waals surface area contributed by atoms with Gasteiger partial charge in [-0.15, -0.1) is 0 Å². The summed E-state index contributed by atoms with van der Waals surface area (Å²) in [5.41, 5.74) is 2.90. The Labute approximate surface area is 247 Å². The molecule has 5 nitrogen and oxygen atoms in total. The van der Waals surface area contributed by atoms with Gasteiger partial charge in [0.2, 0.25) is 0 Å². The highest BCUT2D eigenvalue weighted by Crippen LogP contribution is 2.30. The summed E-state index contributed by atoms with van der Waals surface area (Å²) in [5, 5.41) is 0. The summed E-state index contributed by atoms with van der Waals surface area (Å²) in [7, 11) is 0. The number of carbonyl (C=O) groups is 1. The Morgan fingerprint density at radius 3 is 1.95 bits per heavy atom. The van der Waals surface area contributed by atoms with Crippen molar-refractivity contribution in [1.82, 2.24) is 0 Å². The molecule has 0 N–H and O–H groups in total. The van der Waals surface area contributed by atoms with Crippen molar-refractivity contribution in [3.63, 3.8) is 0 Å². The van der Waals surface area contributed by atoms with Crippen LogP contribution in [0.4, 0.5) is 5.69 Å². The van der Waals surface area contributed by atoms with Crippen LogP contribution in [0.15, 0.2) is 88.0 Å². The van der Waals surface area contributed by atoms with Gasteiger partial charge in [-0.1, -0.05) is 80.4 Å². The number of benzene rings is 3.